The second kappa shape index (κ2) is 9.21. The number of aromatic nitrogens is 2. The van der Waals surface area contributed by atoms with Gasteiger partial charge in [-0.25, -0.2) is 4.98 Å². The normalized spacial score (nSPS) is 12.8. The van der Waals surface area contributed by atoms with Crippen LogP contribution in [0.4, 0.5) is 5.69 Å². The summed E-state index contributed by atoms with van der Waals surface area (Å²) >= 11 is 2.75. The molecule has 4 rings (SSSR count). The number of benzene rings is 1. The molecule has 0 aliphatic heterocycles. The number of rotatable bonds is 8. The summed E-state index contributed by atoms with van der Waals surface area (Å²) in [5.41, 5.74) is 7.01. The quantitative estimate of drug-likeness (QED) is 0.396. The van der Waals surface area contributed by atoms with Crippen molar-refractivity contribution in [1.29, 1.82) is 0 Å². The summed E-state index contributed by atoms with van der Waals surface area (Å²) in [6.07, 6.45) is 2.96. The van der Waals surface area contributed by atoms with Crippen molar-refractivity contribution in [3.63, 3.8) is 0 Å². The van der Waals surface area contributed by atoms with E-state index in [9.17, 15) is 14.4 Å². The van der Waals surface area contributed by atoms with Crippen molar-refractivity contribution in [2.75, 3.05) is 24.8 Å². The molecule has 3 aromatic rings. The van der Waals surface area contributed by atoms with Gasteiger partial charge in [-0.05, 0) is 37.0 Å². The number of thioether (sulfide) groups is 1. The summed E-state index contributed by atoms with van der Waals surface area (Å²) in [6, 6.07) is 6.56. The number of aryl methyl sites for hydroxylation is 2. The van der Waals surface area contributed by atoms with Crippen LogP contribution in [0.3, 0.4) is 0 Å². The van der Waals surface area contributed by atoms with E-state index in [2.05, 4.69) is 5.32 Å². The molecule has 8 nitrogen and oxygen atoms in total. The molecule has 0 unspecified atom stereocenters. The molecule has 162 valence electrons. The smallest absolute Gasteiger partial charge is 0.263 e. The van der Waals surface area contributed by atoms with E-state index in [1.54, 1.807) is 47.3 Å². The van der Waals surface area contributed by atoms with Gasteiger partial charge in [0.05, 0.1) is 35.5 Å². The summed E-state index contributed by atoms with van der Waals surface area (Å²) in [6.45, 7) is 0.725. The average Bonchev–Trinajstić information content (AvgIpc) is 3.33. The van der Waals surface area contributed by atoms with Crippen molar-refractivity contribution < 1.29 is 14.3 Å². The number of fused-ring (bicyclic) bond motifs is 3. The number of nitrogens with zero attached hydrogens (tertiary/aromatic N) is 2. The van der Waals surface area contributed by atoms with E-state index in [4.69, 9.17) is 15.5 Å². The third-order valence-corrected chi connectivity index (χ3v) is 7.27. The summed E-state index contributed by atoms with van der Waals surface area (Å²) < 4.78 is 6.75. The largest absolute Gasteiger partial charge is 0.383 e. The lowest BCUT2D eigenvalue weighted by atomic mass is 10.1. The maximum atomic E-state index is 13.2. The van der Waals surface area contributed by atoms with Gasteiger partial charge in [0.15, 0.2) is 5.16 Å². The Balaban J connectivity index is 1.58. The molecule has 0 fully saturated rings. The molecular formula is C21H22N4O4S2. The molecule has 0 radical (unpaired) electrons. The van der Waals surface area contributed by atoms with Gasteiger partial charge in [-0.15, -0.1) is 11.3 Å². The molecule has 0 spiro atoms. The molecule has 3 N–H and O–H groups in total. The van der Waals surface area contributed by atoms with Gasteiger partial charge in [-0.1, -0.05) is 23.9 Å². The van der Waals surface area contributed by atoms with Crippen LogP contribution in [0.25, 0.3) is 10.2 Å². The predicted octanol–water partition coefficient (Wildman–Crippen LogP) is 2.42. The number of methoxy groups -OCH3 is 1. The van der Waals surface area contributed by atoms with Crippen molar-refractivity contribution in [3.8, 4) is 0 Å². The number of hydrogen-bond donors (Lipinski definition) is 2. The predicted molar refractivity (Wildman–Crippen MR) is 122 cm³/mol. The molecule has 10 heteroatoms. The zero-order valence-corrected chi connectivity index (χ0v) is 18.6. The Kier molecular flexibility index (Phi) is 6.40. The maximum Gasteiger partial charge on any atom is 0.263 e. The minimum Gasteiger partial charge on any atom is -0.383 e. The summed E-state index contributed by atoms with van der Waals surface area (Å²) in [5, 5.41) is 3.90. The fraction of sp³-hybridized carbons (Fsp3) is 0.333. The molecule has 31 heavy (non-hydrogen) atoms. The van der Waals surface area contributed by atoms with Gasteiger partial charge >= 0.3 is 0 Å². The number of para-hydroxylation sites is 1. The van der Waals surface area contributed by atoms with Crippen LogP contribution in [0, 0.1) is 0 Å². The van der Waals surface area contributed by atoms with Gasteiger partial charge in [0.1, 0.15) is 4.83 Å². The summed E-state index contributed by atoms with van der Waals surface area (Å²) in [4.78, 5) is 44.0. The highest BCUT2D eigenvalue weighted by Crippen LogP contribution is 2.35. The first kappa shape index (κ1) is 21.5. The minimum atomic E-state index is -0.616. The van der Waals surface area contributed by atoms with E-state index in [0.717, 1.165) is 29.7 Å². The third kappa shape index (κ3) is 4.36. The van der Waals surface area contributed by atoms with Crippen LogP contribution in [0.1, 0.15) is 27.2 Å². The van der Waals surface area contributed by atoms with Crippen LogP contribution >= 0.6 is 23.1 Å². The molecule has 1 aromatic carbocycles. The fourth-order valence-corrected chi connectivity index (χ4v) is 5.80. The van der Waals surface area contributed by atoms with Crippen molar-refractivity contribution in [2.45, 2.75) is 31.0 Å². The number of nitrogens with one attached hydrogen (secondary N) is 1. The van der Waals surface area contributed by atoms with Gasteiger partial charge in [-0.2, -0.15) is 0 Å². The molecule has 0 saturated heterocycles. The highest BCUT2D eigenvalue weighted by Gasteiger charge is 2.23. The molecule has 0 saturated carbocycles. The first-order chi connectivity index (χ1) is 15.0. The average molecular weight is 459 g/mol. The highest BCUT2D eigenvalue weighted by molar-refractivity contribution is 7.99. The number of thiophene rings is 1. The van der Waals surface area contributed by atoms with Crippen LogP contribution in [-0.2, 0) is 28.9 Å². The van der Waals surface area contributed by atoms with Crippen molar-refractivity contribution in [3.05, 3.63) is 50.6 Å². The lowest BCUT2D eigenvalue weighted by molar-refractivity contribution is -0.113. The Labute approximate surface area is 186 Å². The van der Waals surface area contributed by atoms with E-state index < -0.39 is 5.91 Å². The molecule has 0 bridgehead atoms. The molecule has 2 amide bonds. The molecule has 1 aliphatic rings. The highest BCUT2D eigenvalue weighted by atomic mass is 32.2. The SMILES string of the molecule is COCCn1c(SCC(=O)Nc2ccccc2C(N)=O)nc2sc3c(c2c1=O)CCC3. The zero-order chi connectivity index (χ0) is 22.0. The van der Waals surface area contributed by atoms with E-state index in [1.165, 1.54) is 16.6 Å². The maximum absolute atomic E-state index is 13.2. The second-order valence-corrected chi connectivity index (χ2v) is 9.15. The van der Waals surface area contributed by atoms with Crippen LogP contribution in [-0.4, -0.2) is 40.8 Å². The lowest BCUT2D eigenvalue weighted by Crippen LogP contribution is -2.26. The molecule has 1 aliphatic carbocycles. The Morgan fingerprint density at radius 1 is 1.32 bits per heavy atom. The summed E-state index contributed by atoms with van der Waals surface area (Å²) in [5.74, 6) is -0.904. The van der Waals surface area contributed by atoms with Gasteiger partial charge in [0, 0.05) is 12.0 Å². The van der Waals surface area contributed by atoms with Crippen LogP contribution in [0.15, 0.2) is 34.2 Å². The molecule has 0 atom stereocenters. The van der Waals surface area contributed by atoms with E-state index >= 15 is 0 Å². The topological polar surface area (TPSA) is 116 Å². The van der Waals surface area contributed by atoms with Gasteiger partial charge in [-0.3, -0.25) is 19.0 Å². The van der Waals surface area contributed by atoms with Crippen LogP contribution in [0.5, 0.6) is 0 Å². The van der Waals surface area contributed by atoms with Crippen LogP contribution in [0.2, 0.25) is 0 Å². The van der Waals surface area contributed by atoms with E-state index in [0.29, 0.717) is 29.4 Å². The van der Waals surface area contributed by atoms with E-state index in [-0.39, 0.29) is 22.8 Å². The first-order valence-electron chi connectivity index (χ1n) is 9.85. The Morgan fingerprint density at radius 2 is 2.13 bits per heavy atom. The number of anilines is 1. The van der Waals surface area contributed by atoms with Gasteiger partial charge in [0.2, 0.25) is 5.91 Å². The lowest BCUT2D eigenvalue weighted by Gasteiger charge is -2.12. The number of carbonyl (C=O) groups excluding carboxylic acids is 2. The number of primary amides is 1. The van der Waals surface area contributed by atoms with Crippen molar-refractivity contribution >= 4 is 50.8 Å². The summed E-state index contributed by atoms with van der Waals surface area (Å²) in [7, 11) is 1.58. The Morgan fingerprint density at radius 3 is 2.90 bits per heavy atom. The first-order valence-corrected chi connectivity index (χ1v) is 11.6. The van der Waals surface area contributed by atoms with E-state index in [1.807, 2.05) is 0 Å². The monoisotopic (exact) mass is 458 g/mol. The number of hydrogen-bond acceptors (Lipinski definition) is 7. The van der Waals surface area contributed by atoms with Gasteiger partial charge in [0.25, 0.3) is 11.5 Å². The van der Waals surface area contributed by atoms with Crippen LogP contribution < -0.4 is 16.6 Å². The third-order valence-electron chi connectivity index (χ3n) is 5.11. The minimum absolute atomic E-state index is 0.0309. The molecular weight excluding hydrogens is 436 g/mol. The number of amides is 2. The number of nitrogens with two attached hydrogens (primary N) is 1. The van der Waals surface area contributed by atoms with Crippen molar-refractivity contribution in [2.24, 2.45) is 5.73 Å². The second-order valence-electron chi connectivity index (χ2n) is 7.13. The fourth-order valence-electron chi connectivity index (χ4n) is 3.67. The number of ether oxygens (including phenoxy) is 1. The molecule has 2 heterocycles. The van der Waals surface area contributed by atoms with Crippen molar-refractivity contribution in [1.82, 2.24) is 9.55 Å². The zero-order valence-electron chi connectivity index (χ0n) is 17.0. The van der Waals surface area contributed by atoms with Gasteiger partial charge < -0.3 is 15.8 Å². The Bertz CT molecular complexity index is 1220. The Hall–Kier alpha value is -2.69. The standard InChI is InChI=1S/C21H22N4O4S2/c1-29-10-9-25-20(28)17-13-6-4-8-15(13)31-19(17)24-21(25)30-11-16(26)23-14-7-3-2-5-12(14)18(22)27/h2-3,5,7H,4,6,8-11H2,1H3,(H2,22,27)(H,23,26). The number of carbonyl (C=O) groups is 2. The molecule has 2 aromatic heterocycles.